The quantitative estimate of drug-likeness (QED) is 0.277. The predicted molar refractivity (Wildman–Crippen MR) is 66.8 cm³/mol. The van der Waals surface area contributed by atoms with Crippen molar-refractivity contribution in [2.45, 2.75) is 25.0 Å². The molecule has 0 spiro atoms. The van der Waals surface area contributed by atoms with Gasteiger partial charge in [0.25, 0.3) is 20.2 Å². The van der Waals surface area contributed by atoms with Crippen LogP contribution in [0.5, 0.6) is 0 Å². The second kappa shape index (κ2) is 6.98. The Labute approximate surface area is 112 Å². The molecule has 0 fully saturated rings. The molecule has 10 heteroatoms. The molecule has 0 aliphatic carbocycles. The maximum absolute atomic E-state index is 11.4. The van der Waals surface area contributed by atoms with E-state index >= 15 is 0 Å². The monoisotopic (exact) mass is 316 g/mol. The lowest BCUT2D eigenvalue weighted by Gasteiger charge is -2.13. The van der Waals surface area contributed by atoms with Crippen LogP contribution in [0.2, 0.25) is 0 Å². The Hall–Kier alpha value is -0.970. The Bertz CT molecular complexity index is 531. The molecule has 0 heterocycles. The smallest absolute Gasteiger partial charge is 0.334 e. The molecule has 19 heavy (non-hydrogen) atoms. The summed E-state index contributed by atoms with van der Waals surface area (Å²) >= 11 is 0. The van der Waals surface area contributed by atoms with Crippen molar-refractivity contribution in [2.24, 2.45) is 0 Å². The van der Waals surface area contributed by atoms with E-state index in [2.05, 4.69) is 11.3 Å². The maximum atomic E-state index is 11.4. The van der Waals surface area contributed by atoms with E-state index in [1.165, 1.54) is 6.92 Å². The van der Waals surface area contributed by atoms with Gasteiger partial charge >= 0.3 is 5.97 Å². The summed E-state index contributed by atoms with van der Waals surface area (Å²) in [5, 5.41) is -1.46. The molecular formula is C9H16O8S2. The minimum atomic E-state index is -4.45. The highest BCUT2D eigenvalue weighted by Gasteiger charge is 2.29. The number of carbonyl (C=O) groups is 1. The molecular weight excluding hydrogens is 300 g/mol. The van der Waals surface area contributed by atoms with Crippen molar-refractivity contribution in [2.75, 3.05) is 12.4 Å². The molecule has 8 nitrogen and oxygen atoms in total. The standard InChI is InChI=1S/C9H16O8S2/c1-3-8(19(14,15)16)7(2)9(10)17-5-4-6-18(11,12)13/h8H,2-6H2,1H3,(H,11,12,13)(H,14,15,16). The van der Waals surface area contributed by atoms with Crippen LogP contribution in [0.25, 0.3) is 0 Å². The third-order valence-electron chi connectivity index (χ3n) is 2.16. The fourth-order valence-electron chi connectivity index (χ4n) is 1.27. The minimum absolute atomic E-state index is 0.0578. The molecule has 0 aliphatic rings. The van der Waals surface area contributed by atoms with Crippen LogP contribution in [0, 0.1) is 0 Å². The van der Waals surface area contributed by atoms with Crippen LogP contribution >= 0.6 is 0 Å². The number of esters is 1. The number of rotatable bonds is 8. The van der Waals surface area contributed by atoms with Crippen LogP contribution in [-0.2, 0) is 29.8 Å². The lowest BCUT2D eigenvalue weighted by atomic mass is 10.2. The van der Waals surface area contributed by atoms with Crippen molar-refractivity contribution in [3.05, 3.63) is 12.2 Å². The van der Waals surface area contributed by atoms with Gasteiger partial charge in [0.2, 0.25) is 0 Å². The van der Waals surface area contributed by atoms with E-state index in [-0.39, 0.29) is 19.4 Å². The largest absolute Gasteiger partial charge is 0.462 e. The average Bonchev–Trinajstić information content (AvgIpc) is 2.21. The highest BCUT2D eigenvalue weighted by Crippen LogP contribution is 2.15. The lowest BCUT2D eigenvalue weighted by molar-refractivity contribution is -0.139. The van der Waals surface area contributed by atoms with Crippen LogP contribution in [0.1, 0.15) is 19.8 Å². The predicted octanol–water partition coefficient (Wildman–Crippen LogP) is 0.0301. The van der Waals surface area contributed by atoms with Gasteiger partial charge in [-0.25, -0.2) is 4.79 Å². The number of ether oxygens (including phenoxy) is 1. The van der Waals surface area contributed by atoms with Gasteiger partial charge in [-0.05, 0) is 12.8 Å². The SMILES string of the molecule is C=C(C(=O)OCCCS(=O)(=O)O)C(CC)S(=O)(=O)O. The van der Waals surface area contributed by atoms with Crippen LogP contribution in [0.3, 0.4) is 0 Å². The van der Waals surface area contributed by atoms with Crippen molar-refractivity contribution < 1.29 is 35.5 Å². The third kappa shape index (κ3) is 7.25. The molecule has 0 aromatic carbocycles. The Kier molecular flexibility index (Phi) is 6.63. The molecule has 112 valence electrons. The maximum Gasteiger partial charge on any atom is 0.334 e. The first kappa shape index (κ1) is 18.0. The highest BCUT2D eigenvalue weighted by molar-refractivity contribution is 7.86. The topological polar surface area (TPSA) is 135 Å². The Morgan fingerprint density at radius 1 is 1.26 bits per heavy atom. The molecule has 0 rings (SSSR count). The lowest BCUT2D eigenvalue weighted by Crippen LogP contribution is -2.27. The highest BCUT2D eigenvalue weighted by atomic mass is 32.2. The van der Waals surface area contributed by atoms with Gasteiger partial charge in [-0.15, -0.1) is 0 Å². The molecule has 2 N–H and O–H groups in total. The van der Waals surface area contributed by atoms with Gasteiger partial charge in [-0.1, -0.05) is 13.5 Å². The van der Waals surface area contributed by atoms with Gasteiger partial charge in [0.15, 0.2) is 0 Å². The van der Waals surface area contributed by atoms with Gasteiger partial charge in [0.1, 0.15) is 5.25 Å². The molecule has 0 radical (unpaired) electrons. The van der Waals surface area contributed by atoms with Crippen molar-refractivity contribution >= 4 is 26.2 Å². The Balaban J connectivity index is 4.40. The molecule has 1 unspecified atom stereocenters. The summed E-state index contributed by atoms with van der Waals surface area (Å²) in [5.41, 5.74) is -0.433. The van der Waals surface area contributed by atoms with E-state index in [0.717, 1.165) is 0 Å². The number of hydrogen-bond donors (Lipinski definition) is 2. The van der Waals surface area contributed by atoms with Gasteiger partial charge in [0, 0.05) is 0 Å². The second-order valence-corrected chi connectivity index (χ2v) is 6.88. The molecule has 0 saturated carbocycles. The fourth-order valence-corrected chi connectivity index (χ4v) is 2.63. The summed E-state index contributed by atoms with van der Waals surface area (Å²) in [4.78, 5) is 11.4. The van der Waals surface area contributed by atoms with Crippen molar-refractivity contribution in [1.82, 2.24) is 0 Å². The van der Waals surface area contributed by atoms with Crippen molar-refractivity contribution in [1.29, 1.82) is 0 Å². The molecule has 0 aliphatic heterocycles. The number of carbonyl (C=O) groups excluding carboxylic acids is 1. The van der Waals surface area contributed by atoms with E-state index in [1.54, 1.807) is 0 Å². The van der Waals surface area contributed by atoms with E-state index in [1.807, 2.05) is 0 Å². The van der Waals surface area contributed by atoms with Crippen LogP contribution in [0.4, 0.5) is 0 Å². The molecule has 0 amide bonds. The normalized spacial score (nSPS) is 13.8. The summed E-state index contributed by atoms with van der Waals surface area (Å²) in [6, 6.07) is 0. The summed E-state index contributed by atoms with van der Waals surface area (Å²) in [7, 11) is -8.59. The minimum Gasteiger partial charge on any atom is -0.462 e. The van der Waals surface area contributed by atoms with Gasteiger partial charge < -0.3 is 4.74 Å². The van der Waals surface area contributed by atoms with Gasteiger partial charge in [-0.3, -0.25) is 9.11 Å². The summed E-state index contributed by atoms with van der Waals surface area (Å²) in [6.45, 7) is 4.36. The first-order chi connectivity index (χ1) is 8.49. The second-order valence-electron chi connectivity index (χ2n) is 3.71. The van der Waals surface area contributed by atoms with Crippen LogP contribution in [0.15, 0.2) is 12.2 Å². The first-order valence-corrected chi connectivity index (χ1v) is 8.37. The Morgan fingerprint density at radius 2 is 1.79 bits per heavy atom. The molecule has 0 aromatic rings. The third-order valence-corrected chi connectivity index (χ3v) is 4.30. The fraction of sp³-hybridized carbons (Fsp3) is 0.667. The molecule has 0 bridgehead atoms. The first-order valence-electron chi connectivity index (χ1n) is 5.26. The molecule has 0 saturated heterocycles. The molecule has 0 aromatic heterocycles. The van der Waals surface area contributed by atoms with Crippen molar-refractivity contribution in [3.8, 4) is 0 Å². The summed E-state index contributed by atoms with van der Waals surface area (Å²) < 4.78 is 64.5. The molecule has 1 atom stereocenters. The van der Waals surface area contributed by atoms with Crippen molar-refractivity contribution in [3.63, 3.8) is 0 Å². The van der Waals surface area contributed by atoms with E-state index in [0.29, 0.717) is 0 Å². The zero-order valence-corrected chi connectivity index (χ0v) is 11.9. The van der Waals surface area contributed by atoms with Gasteiger partial charge in [-0.2, -0.15) is 16.8 Å². The van der Waals surface area contributed by atoms with E-state index < -0.39 is 42.8 Å². The Morgan fingerprint density at radius 3 is 2.16 bits per heavy atom. The zero-order chi connectivity index (χ0) is 15.3. The average molecular weight is 316 g/mol. The van der Waals surface area contributed by atoms with E-state index in [4.69, 9.17) is 9.11 Å². The van der Waals surface area contributed by atoms with E-state index in [9.17, 15) is 21.6 Å². The summed E-state index contributed by atoms with van der Waals surface area (Å²) in [6.07, 6.45) is -0.196. The van der Waals surface area contributed by atoms with Crippen LogP contribution in [-0.4, -0.2) is 49.5 Å². The van der Waals surface area contributed by atoms with Gasteiger partial charge in [0.05, 0.1) is 17.9 Å². The zero-order valence-electron chi connectivity index (χ0n) is 10.3. The van der Waals surface area contributed by atoms with Crippen LogP contribution < -0.4 is 0 Å². The summed E-state index contributed by atoms with van der Waals surface area (Å²) in [5.74, 6) is -1.62. The number of hydrogen-bond acceptors (Lipinski definition) is 6.